The number of ketones is 1. The molecule has 1 aliphatic carbocycles. The third kappa shape index (κ3) is 1.63. The number of rotatable bonds is 3. The molecule has 0 bridgehead atoms. The number of allylic oxidation sites excluding steroid dienone is 1. The van der Waals surface area contributed by atoms with E-state index in [2.05, 4.69) is 5.10 Å². The van der Waals surface area contributed by atoms with E-state index in [4.69, 9.17) is 0 Å². The summed E-state index contributed by atoms with van der Waals surface area (Å²) in [6.45, 7) is 1.71. The second-order valence-electron chi connectivity index (χ2n) is 3.56. The summed E-state index contributed by atoms with van der Waals surface area (Å²) in [6, 6.07) is 0. The molecule has 78 valence electrons. The van der Waals surface area contributed by atoms with Gasteiger partial charge < -0.3 is 4.79 Å². The monoisotopic (exact) mass is 204 g/mol. The lowest BCUT2D eigenvalue weighted by molar-refractivity contribution is -0.108. The van der Waals surface area contributed by atoms with E-state index >= 15 is 0 Å². The molecule has 0 amide bonds. The van der Waals surface area contributed by atoms with E-state index in [1.165, 1.54) is 6.92 Å². The Kier molecular flexibility index (Phi) is 2.49. The summed E-state index contributed by atoms with van der Waals surface area (Å²) in [7, 11) is 0. The largest absolute Gasteiger partial charge is 0.301 e. The Labute approximate surface area is 87.6 Å². The van der Waals surface area contributed by atoms with Gasteiger partial charge in [0.2, 0.25) is 0 Å². The molecule has 0 fully saturated rings. The minimum atomic E-state index is -0.0359. The molecule has 4 heteroatoms. The van der Waals surface area contributed by atoms with E-state index in [0.29, 0.717) is 5.69 Å². The van der Waals surface area contributed by atoms with Crippen molar-refractivity contribution in [3.63, 3.8) is 0 Å². The molecule has 4 nitrogen and oxygen atoms in total. The van der Waals surface area contributed by atoms with Crippen molar-refractivity contribution in [1.29, 1.82) is 0 Å². The topological polar surface area (TPSA) is 52.0 Å². The predicted octanol–water partition coefficient (Wildman–Crippen LogP) is 1.24. The van der Waals surface area contributed by atoms with E-state index in [1.807, 2.05) is 12.2 Å². The van der Waals surface area contributed by atoms with E-state index in [0.717, 1.165) is 30.4 Å². The van der Waals surface area contributed by atoms with Gasteiger partial charge in [-0.05, 0) is 18.9 Å². The first-order valence-electron chi connectivity index (χ1n) is 4.95. The molecule has 1 aromatic rings. The number of fused-ring (bicyclic) bond motifs is 1. The molecule has 0 saturated heterocycles. The summed E-state index contributed by atoms with van der Waals surface area (Å²) in [4.78, 5) is 21.8. The molecule has 0 N–H and O–H groups in total. The Balaban J connectivity index is 2.55. The number of aldehydes is 1. The lowest BCUT2D eigenvalue weighted by Gasteiger charge is -2.06. The maximum absolute atomic E-state index is 11.3. The summed E-state index contributed by atoms with van der Waals surface area (Å²) in [5.74, 6) is -0.0359. The molecule has 0 radical (unpaired) electrons. The lowest BCUT2D eigenvalue weighted by atomic mass is 10.0. The molecule has 2 rings (SSSR count). The molecule has 0 saturated carbocycles. The number of carbonyl (C=O) groups excluding carboxylic acids is 2. The fraction of sp³-hybridized carbons (Fsp3) is 0.364. The van der Waals surface area contributed by atoms with Gasteiger partial charge in [0.05, 0.1) is 12.2 Å². The van der Waals surface area contributed by atoms with Crippen molar-refractivity contribution in [1.82, 2.24) is 9.78 Å². The molecule has 15 heavy (non-hydrogen) atoms. The van der Waals surface area contributed by atoms with Crippen LogP contribution in [-0.4, -0.2) is 21.8 Å². The van der Waals surface area contributed by atoms with Gasteiger partial charge in [-0.1, -0.05) is 6.08 Å². The molecule has 1 aliphatic rings. The maximum atomic E-state index is 11.3. The van der Waals surface area contributed by atoms with Crippen molar-refractivity contribution < 1.29 is 9.59 Å². The highest BCUT2D eigenvalue weighted by molar-refractivity contribution is 5.94. The average molecular weight is 204 g/mol. The van der Waals surface area contributed by atoms with Crippen molar-refractivity contribution in [2.24, 2.45) is 0 Å². The molecule has 0 spiro atoms. The fourth-order valence-electron chi connectivity index (χ4n) is 1.86. The Morgan fingerprint density at radius 3 is 3.13 bits per heavy atom. The van der Waals surface area contributed by atoms with Crippen LogP contribution in [-0.2, 0) is 17.8 Å². The van der Waals surface area contributed by atoms with Crippen LogP contribution in [0.3, 0.4) is 0 Å². The van der Waals surface area contributed by atoms with Gasteiger partial charge in [-0.15, -0.1) is 0 Å². The number of carbonyl (C=O) groups is 2. The Morgan fingerprint density at radius 1 is 1.67 bits per heavy atom. The number of hydrogen-bond acceptors (Lipinski definition) is 3. The van der Waals surface area contributed by atoms with Gasteiger partial charge >= 0.3 is 0 Å². The number of nitrogens with zero attached hydrogens (tertiary/aromatic N) is 2. The first-order chi connectivity index (χ1) is 7.24. The highest BCUT2D eigenvalue weighted by atomic mass is 16.1. The molecule has 0 atom stereocenters. The van der Waals surface area contributed by atoms with Crippen LogP contribution in [0.1, 0.15) is 35.1 Å². The molecular formula is C11H12N2O2. The molecule has 1 heterocycles. The zero-order valence-corrected chi connectivity index (χ0v) is 8.56. The van der Waals surface area contributed by atoms with Crippen molar-refractivity contribution >= 4 is 18.1 Å². The molecule has 0 unspecified atom stereocenters. The van der Waals surface area contributed by atoms with Crippen LogP contribution < -0.4 is 0 Å². The summed E-state index contributed by atoms with van der Waals surface area (Å²) in [6.07, 6.45) is 6.52. The van der Waals surface area contributed by atoms with Crippen molar-refractivity contribution in [2.45, 2.75) is 26.3 Å². The van der Waals surface area contributed by atoms with Crippen LogP contribution in [0.5, 0.6) is 0 Å². The van der Waals surface area contributed by atoms with Gasteiger partial charge in [0.15, 0.2) is 5.78 Å². The third-order valence-corrected chi connectivity index (χ3v) is 2.51. The van der Waals surface area contributed by atoms with Gasteiger partial charge in [0.25, 0.3) is 0 Å². The predicted molar refractivity (Wildman–Crippen MR) is 55.7 cm³/mol. The summed E-state index contributed by atoms with van der Waals surface area (Å²) in [5, 5.41) is 4.17. The average Bonchev–Trinajstić information content (AvgIpc) is 2.59. The third-order valence-electron chi connectivity index (χ3n) is 2.51. The van der Waals surface area contributed by atoms with Crippen LogP contribution in [0.15, 0.2) is 6.08 Å². The fourth-order valence-corrected chi connectivity index (χ4v) is 1.86. The van der Waals surface area contributed by atoms with E-state index in [-0.39, 0.29) is 12.3 Å². The molecule has 0 aromatic carbocycles. The minimum absolute atomic E-state index is 0.0359. The van der Waals surface area contributed by atoms with Gasteiger partial charge in [-0.25, -0.2) is 0 Å². The Bertz CT molecular complexity index is 444. The SMILES string of the molecule is CC(=O)c1nn(CC=O)c2c1CCC=C2. The molecule has 0 aliphatic heterocycles. The van der Waals surface area contributed by atoms with Crippen LogP contribution >= 0.6 is 0 Å². The second-order valence-corrected chi connectivity index (χ2v) is 3.56. The quantitative estimate of drug-likeness (QED) is 0.550. The Morgan fingerprint density at radius 2 is 2.47 bits per heavy atom. The van der Waals surface area contributed by atoms with Crippen molar-refractivity contribution in [2.75, 3.05) is 0 Å². The number of hydrogen-bond donors (Lipinski definition) is 0. The molecule has 1 aromatic heterocycles. The minimum Gasteiger partial charge on any atom is -0.301 e. The summed E-state index contributed by atoms with van der Waals surface area (Å²) in [5.41, 5.74) is 2.39. The number of aromatic nitrogens is 2. The normalized spacial score (nSPS) is 13.7. The van der Waals surface area contributed by atoms with Crippen molar-refractivity contribution in [3.8, 4) is 0 Å². The van der Waals surface area contributed by atoms with E-state index < -0.39 is 0 Å². The lowest BCUT2D eigenvalue weighted by Crippen LogP contribution is -2.05. The standard InChI is InChI=1S/C11H12N2O2/c1-8(15)11-9-4-2-3-5-10(9)13(12-11)6-7-14/h3,5,7H,2,4,6H2,1H3. The number of Topliss-reactive ketones (excluding diaryl/α,β-unsaturated/α-hetero) is 1. The second kappa shape index (κ2) is 3.81. The van der Waals surface area contributed by atoms with E-state index in [1.54, 1.807) is 4.68 Å². The van der Waals surface area contributed by atoms with Crippen LogP contribution in [0.4, 0.5) is 0 Å². The summed E-state index contributed by atoms with van der Waals surface area (Å²) >= 11 is 0. The van der Waals surface area contributed by atoms with Gasteiger partial charge in [0.1, 0.15) is 12.0 Å². The van der Waals surface area contributed by atoms with Gasteiger partial charge in [0, 0.05) is 12.5 Å². The molecular weight excluding hydrogens is 192 g/mol. The van der Waals surface area contributed by atoms with Crippen LogP contribution in [0, 0.1) is 0 Å². The maximum Gasteiger partial charge on any atom is 0.180 e. The van der Waals surface area contributed by atoms with E-state index in [9.17, 15) is 9.59 Å². The van der Waals surface area contributed by atoms with Crippen LogP contribution in [0.2, 0.25) is 0 Å². The zero-order chi connectivity index (χ0) is 10.8. The van der Waals surface area contributed by atoms with Crippen molar-refractivity contribution in [3.05, 3.63) is 23.0 Å². The first kappa shape index (κ1) is 9.83. The first-order valence-corrected chi connectivity index (χ1v) is 4.95. The van der Waals surface area contributed by atoms with Gasteiger partial charge in [-0.2, -0.15) is 5.10 Å². The van der Waals surface area contributed by atoms with Crippen LogP contribution in [0.25, 0.3) is 6.08 Å². The Hall–Kier alpha value is -1.71. The highest BCUT2D eigenvalue weighted by Crippen LogP contribution is 2.22. The highest BCUT2D eigenvalue weighted by Gasteiger charge is 2.19. The zero-order valence-electron chi connectivity index (χ0n) is 8.56. The summed E-state index contributed by atoms with van der Waals surface area (Å²) < 4.78 is 1.59. The van der Waals surface area contributed by atoms with Gasteiger partial charge in [-0.3, -0.25) is 9.48 Å². The smallest absolute Gasteiger partial charge is 0.180 e.